The molecule has 0 spiro atoms. The van der Waals surface area contributed by atoms with Gasteiger partial charge in [-0.1, -0.05) is 30.3 Å². The monoisotopic (exact) mass is 256 g/mol. The molecule has 1 aromatic carbocycles. The molecule has 0 amide bonds. The van der Waals surface area contributed by atoms with E-state index in [1.807, 2.05) is 18.2 Å². The Morgan fingerprint density at radius 2 is 2.06 bits per heavy atom. The minimum atomic E-state index is -1.91. The van der Waals surface area contributed by atoms with Crippen LogP contribution in [0.1, 0.15) is 18.6 Å². The van der Waals surface area contributed by atoms with Crippen molar-refractivity contribution in [1.29, 1.82) is 0 Å². The van der Waals surface area contributed by atoms with Gasteiger partial charge in [0, 0.05) is 0 Å². The summed E-state index contributed by atoms with van der Waals surface area (Å²) in [5.41, 5.74) is 0.733. The number of ether oxygens (including phenoxy) is 1. The van der Waals surface area contributed by atoms with Crippen LogP contribution in [0.3, 0.4) is 0 Å². The largest absolute Gasteiger partial charge is 0.464 e. The Kier molecular flexibility index (Phi) is 3.88. The Hall–Kier alpha value is -1.24. The molecule has 3 atom stereocenters. The number of benzene rings is 1. The van der Waals surface area contributed by atoms with E-state index in [4.69, 9.17) is 13.1 Å². The smallest absolute Gasteiger partial charge is 0.339 e. The average Bonchev–Trinajstić information content (AvgIpc) is 2.73. The lowest BCUT2D eigenvalue weighted by atomic mass is 10.0. The molecule has 1 saturated heterocycles. The molecule has 0 N–H and O–H groups in total. The predicted octanol–water partition coefficient (Wildman–Crippen LogP) is 1.28. The quantitative estimate of drug-likeness (QED) is 0.762. The minimum Gasteiger partial charge on any atom is -0.464 e. The fourth-order valence-corrected chi connectivity index (χ4v) is 2.33. The summed E-state index contributed by atoms with van der Waals surface area (Å²) in [6, 6.07) is 9.02. The molecule has 92 valence electrons. The highest BCUT2D eigenvalue weighted by Gasteiger charge is 2.42. The molecule has 1 fully saturated rings. The van der Waals surface area contributed by atoms with Gasteiger partial charge in [0.2, 0.25) is 6.10 Å². The summed E-state index contributed by atoms with van der Waals surface area (Å²) in [4.78, 5) is 11.6. The lowest BCUT2D eigenvalue weighted by molar-refractivity contribution is -0.152. The highest BCUT2D eigenvalue weighted by atomic mass is 32.2. The van der Waals surface area contributed by atoms with E-state index in [1.165, 1.54) is 0 Å². The Bertz CT molecular complexity index is 419. The minimum absolute atomic E-state index is 0.243. The molecule has 5 nitrogen and oxygen atoms in total. The summed E-state index contributed by atoms with van der Waals surface area (Å²) < 4.78 is 26.0. The van der Waals surface area contributed by atoms with Crippen LogP contribution in [0, 0.1) is 0 Å². The van der Waals surface area contributed by atoms with Crippen LogP contribution in [-0.4, -0.2) is 22.9 Å². The maximum Gasteiger partial charge on any atom is 0.339 e. The molecular formula is C11H12O5S. The van der Waals surface area contributed by atoms with Crippen molar-refractivity contribution in [3.8, 4) is 0 Å². The van der Waals surface area contributed by atoms with Crippen molar-refractivity contribution < 1.29 is 22.1 Å². The first-order valence-corrected chi connectivity index (χ1v) is 6.20. The van der Waals surface area contributed by atoms with Crippen molar-refractivity contribution >= 4 is 17.3 Å². The summed E-state index contributed by atoms with van der Waals surface area (Å²) in [7, 11) is 0. The van der Waals surface area contributed by atoms with Crippen molar-refractivity contribution in [2.45, 2.75) is 19.1 Å². The van der Waals surface area contributed by atoms with Crippen molar-refractivity contribution in [3.63, 3.8) is 0 Å². The number of carbonyl (C=O) groups is 1. The van der Waals surface area contributed by atoms with Crippen LogP contribution < -0.4 is 0 Å². The van der Waals surface area contributed by atoms with Gasteiger partial charge < -0.3 is 4.74 Å². The topological polar surface area (TPSA) is 61.8 Å². The van der Waals surface area contributed by atoms with Gasteiger partial charge in [-0.3, -0.25) is 4.18 Å². The van der Waals surface area contributed by atoms with E-state index in [2.05, 4.69) is 0 Å². The van der Waals surface area contributed by atoms with Crippen LogP contribution >= 0.6 is 0 Å². The molecule has 1 aliphatic rings. The van der Waals surface area contributed by atoms with Crippen LogP contribution in [0.5, 0.6) is 0 Å². The Balaban J connectivity index is 2.20. The van der Waals surface area contributed by atoms with Crippen molar-refractivity contribution in [3.05, 3.63) is 35.9 Å². The van der Waals surface area contributed by atoms with Crippen LogP contribution in [0.25, 0.3) is 0 Å². The number of carbonyl (C=O) groups excluding carboxylic acids is 1. The molecule has 17 heavy (non-hydrogen) atoms. The van der Waals surface area contributed by atoms with Gasteiger partial charge in [-0.2, -0.15) is 4.21 Å². The number of hydrogen-bond acceptors (Lipinski definition) is 5. The predicted molar refractivity (Wildman–Crippen MR) is 59.9 cm³/mol. The lowest BCUT2D eigenvalue weighted by Crippen LogP contribution is -2.28. The van der Waals surface area contributed by atoms with Gasteiger partial charge in [0.25, 0.3) is 0 Å². The molecule has 1 aromatic rings. The number of esters is 1. The highest BCUT2D eigenvalue weighted by Crippen LogP contribution is 2.32. The zero-order valence-electron chi connectivity index (χ0n) is 9.20. The van der Waals surface area contributed by atoms with E-state index in [1.54, 1.807) is 19.1 Å². The van der Waals surface area contributed by atoms with Gasteiger partial charge in [0.15, 0.2) is 0 Å². The van der Waals surface area contributed by atoms with Gasteiger partial charge in [0.1, 0.15) is 6.10 Å². The molecule has 0 aliphatic carbocycles. The molecule has 0 saturated carbocycles. The van der Waals surface area contributed by atoms with Gasteiger partial charge in [0.05, 0.1) is 6.61 Å². The fraction of sp³-hybridized carbons (Fsp3) is 0.364. The molecule has 1 heterocycles. The second-order valence-electron chi connectivity index (χ2n) is 3.40. The number of hydrogen-bond donors (Lipinski definition) is 0. The molecule has 2 rings (SSSR count). The second kappa shape index (κ2) is 5.39. The Labute approximate surface area is 102 Å². The summed E-state index contributed by atoms with van der Waals surface area (Å²) in [5.74, 6) is -0.563. The van der Waals surface area contributed by atoms with Gasteiger partial charge in [-0.25, -0.2) is 8.98 Å². The molecule has 0 radical (unpaired) electrons. The molecular weight excluding hydrogens is 244 g/mol. The third kappa shape index (κ3) is 2.71. The lowest BCUT2D eigenvalue weighted by Gasteiger charge is -2.13. The van der Waals surface area contributed by atoms with Crippen LogP contribution in [0.4, 0.5) is 0 Å². The van der Waals surface area contributed by atoms with E-state index >= 15 is 0 Å². The summed E-state index contributed by atoms with van der Waals surface area (Å²) in [6.45, 7) is 1.94. The van der Waals surface area contributed by atoms with Crippen LogP contribution in [0.15, 0.2) is 30.3 Å². The SMILES string of the molecule is CCOC(=O)[C@@H]1OS(=O)O[C@H]1c1ccccc1. The zero-order valence-corrected chi connectivity index (χ0v) is 10.0. The van der Waals surface area contributed by atoms with Gasteiger partial charge in [-0.15, -0.1) is 0 Å². The zero-order chi connectivity index (χ0) is 12.3. The maximum absolute atomic E-state index is 11.6. The standard InChI is InChI=1S/C11H12O5S/c1-2-14-11(12)10-9(15-17(13)16-10)8-6-4-3-5-7-8/h3-7,9-10H,2H2,1H3/t9-,10+,17?/m0/s1. The molecule has 6 heteroatoms. The molecule has 0 aromatic heterocycles. The summed E-state index contributed by atoms with van der Waals surface area (Å²) >= 11 is -1.91. The van der Waals surface area contributed by atoms with Crippen LogP contribution in [-0.2, 0) is 29.3 Å². The number of rotatable bonds is 3. The Morgan fingerprint density at radius 1 is 1.35 bits per heavy atom. The fourth-order valence-electron chi connectivity index (χ4n) is 1.55. The Morgan fingerprint density at radius 3 is 2.71 bits per heavy atom. The second-order valence-corrected chi connectivity index (χ2v) is 4.19. The van der Waals surface area contributed by atoms with E-state index in [-0.39, 0.29) is 6.61 Å². The maximum atomic E-state index is 11.6. The average molecular weight is 256 g/mol. The first-order chi connectivity index (χ1) is 8.22. The highest BCUT2D eigenvalue weighted by molar-refractivity contribution is 7.75. The molecule has 0 bridgehead atoms. The van der Waals surface area contributed by atoms with E-state index in [0.29, 0.717) is 0 Å². The van der Waals surface area contributed by atoms with Crippen molar-refractivity contribution in [2.24, 2.45) is 0 Å². The molecule has 1 unspecified atom stereocenters. The summed E-state index contributed by atoms with van der Waals surface area (Å²) in [5, 5.41) is 0. The normalized spacial score (nSPS) is 27.9. The van der Waals surface area contributed by atoms with E-state index in [0.717, 1.165) is 5.56 Å². The first-order valence-electron chi connectivity index (χ1n) is 5.20. The van der Waals surface area contributed by atoms with E-state index in [9.17, 15) is 9.00 Å². The van der Waals surface area contributed by atoms with Gasteiger partial charge in [-0.05, 0) is 12.5 Å². The van der Waals surface area contributed by atoms with Gasteiger partial charge >= 0.3 is 17.3 Å². The third-order valence-corrected chi connectivity index (χ3v) is 3.02. The van der Waals surface area contributed by atoms with E-state index < -0.39 is 29.5 Å². The summed E-state index contributed by atoms with van der Waals surface area (Å²) in [6.07, 6.45) is -1.66. The third-order valence-electron chi connectivity index (χ3n) is 2.29. The first kappa shape index (κ1) is 12.2. The van der Waals surface area contributed by atoms with Crippen molar-refractivity contribution in [2.75, 3.05) is 6.61 Å². The van der Waals surface area contributed by atoms with Crippen LogP contribution in [0.2, 0.25) is 0 Å². The molecule has 1 aliphatic heterocycles. The van der Waals surface area contributed by atoms with Crippen molar-refractivity contribution in [1.82, 2.24) is 0 Å².